The minimum atomic E-state index is -0.305. The molecular weight excluding hydrogens is 285 g/mol. The lowest BCUT2D eigenvalue weighted by molar-refractivity contribution is 0.621. The van der Waals surface area contributed by atoms with E-state index in [2.05, 4.69) is 30.9 Å². The second-order valence-corrected chi connectivity index (χ2v) is 4.46. The largest absolute Gasteiger partial charge is 0.337 e. The quantitative estimate of drug-likeness (QED) is 0.745. The third-order valence-corrected chi connectivity index (χ3v) is 3.12. The number of aromatic amines is 1. The van der Waals surface area contributed by atoms with Gasteiger partial charge in [-0.3, -0.25) is 4.98 Å². The second-order valence-electron chi connectivity index (χ2n) is 3.61. The van der Waals surface area contributed by atoms with Crippen LogP contribution >= 0.6 is 15.9 Å². The van der Waals surface area contributed by atoms with Crippen molar-refractivity contribution in [2.45, 2.75) is 0 Å². The van der Waals surface area contributed by atoms with Crippen LogP contribution in [0.1, 0.15) is 0 Å². The van der Waals surface area contributed by atoms with E-state index in [1.54, 1.807) is 24.5 Å². The Morgan fingerprint density at radius 3 is 2.88 bits per heavy atom. The summed E-state index contributed by atoms with van der Waals surface area (Å²) in [7, 11) is 0. The monoisotopic (exact) mass is 291 g/mol. The van der Waals surface area contributed by atoms with E-state index in [1.807, 2.05) is 6.07 Å². The molecule has 0 aliphatic heterocycles. The van der Waals surface area contributed by atoms with Gasteiger partial charge in [0.1, 0.15) is 11.6 Å². The van der Waals surface area contributed by atoms with Gasteiger partial charge in [0.2, 0.25) is 0 Å². The first-order valence-corrected chi connectivity index (χ1v) is 5.78. The highest BCUT2D eigenvalue weighted by atomic mass is 79.9. The number of H-pyrrole nitrogens is 1. The first-order chi connectivity index (χ1) is 8.24. The Balaban J connectivity index is 2.17. The molecule has 17 heavy (non-hydrogen) atoms. The van der Waals surface area contributed by atoms with Crippen molar-refractivity contribution in [3.05, 3.63) is 46.9 Å². The molecule has 0 aliphatic rings. The smallest absolute Gasteiger partial charge is 0.138 e. The lowest BCUT2D eigenvalue weighted by Gasteiger charge is -1.98. The van der Waals surface area contributed by atoms with Gasteiger partial charge in [0.15, 0.2) is 0 Å². The van der Waals surface area contributed by atoms with E-state index in [-0.39, 0.29) is 5.82 Å². The average Bonchev–Trinajstić information content (AvgIpc) is 2.76. The summed E-state index contributed by atoms with van der Waals surface area (Å²) < 4.78 is 13.9. The number of nitrogens with one attached hydrogen (secondary N) is 1. The molecule has 0 atom stereocenters. The zero-order valence-corrected chi connectivity index (χ0v) is 10.2. The number of benzene rings is 1. The van der Waals surface area contributed by atoms with Gasteiger partial charge in [-0.25, -0.2) is 9.37 Å². The molecule has 0 aliphatic carbocycles. The zero-order chi connectivity index (χ0) is 11.8. The zero-order valence-electron chi connectivity index (χ0n) is 8.61. The van der Waals surface area contributed by atoms with Crippen molar-refractivity contribution >= 4 is 27.0 Å². The van der Waals surface area contributed by atoms with Gasteiger partial charge < -0.3 is 4.98 Å². The minimum Gasteiger partial charge on any atom is -0.337 e. The molecule has 0 spiro atoms. The SMILES string of the molecule is Fc1cc(-c2nc3ccncc3[nH]2)ccc1Br. The maximum absolute atomic E-state index is 13.4. The number of imidazole rings is 1. The van der Waals surface area contributed by atoms with Gasteiger partial charge in [-0.1, -0.05) is 0 Å². The minimum absolute atomic E-state index is 0.305. The van der Waals surface area contributed by atoms with Crippen LogP contribution in [0, 0.1) is 5.82 Å². The molecule has 1 N–H and O–H groups in total. The summed E-state index contributed by atoms with van der Waals surface area (Å²) in [4.78, 5) is 11.5. The van der Waals surface area contributed by atoms with Crippen LogP contribution in [-0.4, -0.2) is 15.0 Å². The summed E-state index contributed by atoms with van der Waals surface area (Å²) in [6.07, 6.45) is 3.37. The Kier molecular flexibility index (Phi) is 2.40. The van der Waals surface area contributed by atoms with Crippen LogP contribution in [-0.2, 0) is 0 Å². The first-order valence-electron chi connectivity index (χ1n) is 4.99. The highest BCUT2D eigenvalue weighted by Gasteiger charge is 2.07. The van der Waals surface area contributed by atoms with Crippen LogP contribution in [0.3, 0.4) is 0 Å². The molecule has 0 unspecified atom stereocenters. The van der Waals surface area contributed by atoms with Gasteiger partial charge in [-0.05, 0) is 40.2 Å². The molecule has 0 saturated carbocycles. The Morgan fingerprint density at radius 1 is 1.24 bits per heavy atom. The number of aromatic nitrogens is 3. The fraction of sp³-hybridized carbons (Fsp3) is 0. The highest BCUT2D eigenvalue weighted by Crippen LogP contribution is 2.24. The molecule has 2 aromatic heterocycles. The molecule has 2 heterocycles. The number of hydrogen-bond acceptors (Lipinski definition) is 2. The van der Waals surface area contributed by atoms with Gasteiger partial charge in [-0.15, -0.1) is 0 Å². The number of fused-ring (bicyclic) bond motifs is 1. The summed E-state index contributed by atoms with van der Waals surface area (Å²) in [5, 5.41) is 0. The van der Waals surface area contributed by atoms with Crippen LogP contribution in [0.25, 0.3) is 22.4 Å². The van der Waals surface area contributed by atoms with E-state index in [9.17, 15) is 4.39 Å². The Labute approximate surface area is 105 Å². The topological polar surface area (TPSA) is 41.6 Å². The van der Waals surface area contributed by atoms with Crippen LogP contribution in [0.5, 0.6) is 0 Å². The molecule has 0 bridgehead atoms. The second kappa shape index (κ2) is 3.92. The Morgan fingerprint density at radius 2 is 2.12 bits per heavy atom. The predicted molar refractivity (Wildman–Crippen MR) is 67.0 cm³/mol. The van der Waals surface area contributed by atoms with Crippen LogP contribution < -0.4 is 0 Å². The summed E-state index contributed by atoms with van der Waals surface area (Å²) >= 11 is 3.12. The molecule has 3 nitrogen and oxygen atoms in total. The van der Waals surface area contributed by atoms with Gasteiger partial charge in [0.05, 0.1) is 21.7 Å². The van der Waals surface area contributed by atoms with Crippen molar-refractivity contribution in [1.82, 2.24) is 15.0 Å². The molecule has 3 aromatic rings. The van der Waals surface area contributed by atoms with Crippen LogP contribution in [0.15, 0.2) is 41.1 Å². The van der Waals surface area contributed by atoms with Gasteiger partial charge in [-0.2, -0.15) is 0 Å². The number of pyridine rings is 1. The third-order valence-electron chi connectivity index (χ3n) is 2.48. The van der Waals surface area contributed by atoms with Crippen LogP contribution in [0.4, 0.5) is 4.39 Å². The first kappa shape index (κ1) is 10.4. The van der Waals surface area contributed by atoms with Gasteiger partial charge >= 0.3 is 0 Å². The number of hydrogen-bond donors (Lipinski definition) is 1. The fourth-order valence-electron chi connectivity index (χ4n) is 1.64. The molecule has 0 saturated heterocycles. The van der Waals surface area contributed by atoms with E-state index in [0.717, 1.165) is 11.0 Å². The van der Waals surface area contributed by atoms with Gasteiger partial charge in [0, 0.05) is 11.8 Å². The molecule has 5 heteroatoms. The Hall–Kier alpha value is -1.75. The van der Waals surface area contributed by atoms with Crippen LogP contribution in [0.2, 0.25) is 0 Å². The average molecular weight is 292 g/mol. The summed E-state index contributed by atoms with van der Waals surface area (Å²) in [5.41, 5.74) is 2.37. The number of halogens is 2. The predicted octanol–water partition coefficient (Wildman–Crippen LogP) is 3.53. The molecule has 3 rings (SSSR count). The molecule has 1 aromatic carbocycles. The van der Waals surface area contributed by atoms with Gasteiger partial charge in [0.25, 0.3) is 0 Å². The van der Waals surface area contributed by atoms with E-state index in [0.29, 0.717) is 15.9 Å². The van der Waals surface area contributed by atoms with E-state index >= 15 is 0 Å². The van der Waals surface area contributed by atoms with E-state index < -0.39 is 0 Å². The lowest BCUT2D eigenvalue weighted by atomic mass is 10.2. The fourth-order valence-corrected chi connectivity index (χ4v) is 1.88. The normalized spacial score (nSPS) is 10.9. The van der Waals surface area contributed by atoms with Crippen molar-refractivity contribution in [3.63, 3.8) is 0 Å². The summed E-state index contributed by atoms with van der Waals surface area (Å²) in [5.74, 6) is 0.334. The van der Waals surface area contributed by atoms with Crippen molar-refractivity contribution in [1.29, 1.82) is 0 Å². The maximum atomic E-state index is 13.4. The van der Waals surface area contributed by atoms with Crippen molar-refractivity contribution in [2.24, 2.45) is 0 Å². The third kappa shape index (κ3) is 1.82. The molecule has 0 fully saturated rings. The summed E-state index contributed by atoms with van der Waals surface area (Å²) in [6, 6.07) is 6.72. The van der Waals surface area contributed by atoms with Crippen molar-refractivity contribution in [3.8, 4) is 11.4 Å². The number of rotatable bonds is 1. The summed E-state index contributed by atoms with van der Waals surface area (Å²) in [6.45, 7) is 0. The standard InChI is InChI=1S/C12H7BrFN3/c13-8-2-1-7(5-9(8)14)12-16-10-3-4-15-6-11(10)17-12/h1-6H,(H,16,17). The maximum Gasteiger partial charge on any atom is 0.138 e. The number of nitrogens with zero attached hydrogens (tertiary/aromatic N) is 2. The van der Waals surface area contributed by atoms with E-state index in [1.165, 1.54) is 6.07 Å². The van der Waals surface area contributed by atoms with Crippen molar-refractivity contribution < 1.29 is 4.39 Å². The molecule has 0 radical (unpaired) electrons. The molecule has 84 valence electrons. The Bertz CT molecular complexity index is 660. The lowest BCUT2D eigenvalue weighted by Crippen LogP contribution is -1.83. The van der Waals surface area contributed by atoms with Crippen molar-refractivity contribution in [2.75, 3.05) is 0 Å². The molecule has 0 amide bonds. The molecular formula is C12H7BrFN3. The van der Waals surface area contributed by atoms with E-state index in [4.69, 9.17) is 0 Å². The highest BCUT2D eigenvalue weighted by molar-refractivity contribution is 9.10.